The van der Waals surface area contributed by atoms with Crippen LogP contribution in [0.25, 0.3) is 0 Å². The van der Waals surface area contributed by atoms with Crippen LogP contribution in [0.3, 0.4) is 0 Å². The summed E-state index contributed by atoms with van der Waals surface area (Å²) in [5.41, 5.74) is 0.563. The number of nitriles is 1. The predicted octanol–water partition coefficient (Wildman–Crippen LogP) is 2.43. The van der Waals surface area contributed by atoms with E-state index in [1.54, 1.807) is 18.2 Å². The van der Waals surface area contributed by atoms with Crippen molar-refractivity contribution < 1.29 is 14.3 Å². The monoisotopic (exact) mass is 349 g/mol. The third kappa shape index (κ3) is 2.45. The number of urea groups is 1. The molecular formula is C18H15N5O3. The summed E-state index contributed by atoms with van der Waals surface area (Å²) in [6.07, 6.45) is 3.43. The molecule has 1 saturated heterocycles. The molecule has 1 aromatic carbocycles. The van der Waals surface area contributed by atoms with Crippen LogP contribution in [-0.2, 0) is 4.79 Å². The number of aromatic nitrogens is 2. The van der Waals surface area contributed by atoms with Crippen molar-refractivity contribution in [3.05, 3.63) is 41.7 Å². The van der Waals surface area contributed by atoms with Crippen LogP contribution in [0.2, 0.25) is 0 Å². The first-order valence-corrected chi connectivity index (χ1v) is 8.20. The molecule has 1 aliphatic carbocycles. The van der Waals surface area contributed by atoms with Crippen LogP contribution in [0, 0.1) is 18.3 Å². The summed E-state index contributed by atoms with van der Waals surface area (Å²) >= 11 is 0. The molecule has 130 valence electrons. The Labute approximate surface area is 149 Å². The van der Waals surface area contributed by atoms with Crippen molar-refractivity contribution in [2.24, 2.45) is 0 Å². The van der Waals surface area contributed by atoms with Crippen molar-refractivity contribution in [1.82, 2.24) is 15.3 Å². The summed E-state index contributed by atoms with van der Waals surface area (Å²) in [6, 6.07) is 8.13. The zero-order chi connectivity index (χ0) is 18.3. The predicted molar refractivity (Wildman–Crippen MR) is 90.6 cm³/mol. The third-order valence-corrected chi connectivity index (χ3v) is 4.78. The lowest BCUT2D eigenvalue weighted by Gasteiger charge is -2.34. The number of hydrogen-bond donors (Lipinski definition) is 1. The Kier molecular flexibility index (Phi) is 3.58. The highest BCUT2D eigenvalue weighted by molar-refractivity contribution is 6.23. The number of aryl methyl sites for hydroxylation is 1. The minimum atomic E-state index is -0.776. The first-order chi connectivity index (χ1) is 12.5. The Balaban J connectivity index is 1.60. The van der Waals surface area contributed by atoms with Gasteiger partial charge >= 0.3 is 6.03 Å². The second kappa shape index (κ2) is 5.81. The fourth-order valence-corrected chi connectivity index (χ4v) is 3.11. The summed E-state index contributed by atoms with van der Waals surface area (Å²) in [5.74, 6) is 0.483. The van der Waals surface area contributed by atoms with Crippen molar-refractivity contribution in [3.63, 3.8) is 0 Å². The second-order valence-corrected chi connectivity index (χ2v) is 6.41. The van der Waals surface area contributed by atoms with E-state index in [0.29, 0.717) is 24.2 Å². The highest BCUT2D eigenvalue weighted by atomic mass is 16.5. The van der Waals surface area contributed by atoms with Crippen molar-refractivity contribution in [2.75, 3.05) is 4.90 Å². The van der Waals surface area contributed by atoms with Gasteiger partial charge in [0.15, 0.2) is 5.82 Å². The van der Waals surface area contributed by atoms with Gasteiger partial charge < -0.3 is 10.1 Å². The molecule has 0 atom stereocenters. The SMILES string of the molecule is Cc1ccc(Oc2cc(N3C(=O)NC4(CCC4)C3=O)ncn2)cc1C#N. The van der Waals surface area contributed by atoms with Crippen molar-refractivity contribution in [3.8, 4) is 17.7 Å². The van der Waals surface area contributed by atoms with E-state index in [1.807, 2.05) is 6.92 Å². The van der Waals surface area contributed by atoms with Gasteiger partial charge in [-0.1, -0.05) is 6.07 Å². The highest BCUT2D eigenvalue weighted by Crippen LogP contribution is 2.38. The van der Waals surface area contributed by atoms with Gasteiger partial charge in [0, 0.05) is 6.07 Å². The number of ether oxygens (including phenoxy) is 1. The van der Waals surface area contributed by atoms with Gasteiger partial charge in [0.2, 0.25) is 5.88 Å². The van der Waals surface area contributed by atoms with Crippen molar-refractivity contribution >= 4 is 17.8 Å². The fraction of sp³-hybridized carbons (Fsp3) is 0.278. The maximum Gasteiger partial charge on any atom is 0.330 e. The Morgan fingerprint density at radius 2 is 2.08 bits per heavy atom. The van der Waals surface area contributed by atoms with Crippen LogP contribution >= 0.6 is 0 Å². The minimum absolute atomic E-state index is 0.161. The van der Waals surface area contributed by atoms with E-state index in [2.05, 4.69) is 21.4 Å². The second-order valence-electron chi connectivity index (χ2n) is 6.41. The van der Waals surface area contributed by atoms with Gasteiger partial charge in [-0.05, 0) is 43.9 Å². The first-order valence-electron chi connectivity index (χ1n) is 8.20. The molecule has 0 radical (unpaired) electrons. The standard InChI is InChI=1S/C18H15N5O3/c1-11-3-4-13(7-12(11)9-19)26-15-8-14(20-10-21-15)23-16(24)18(5-2-6-18)22-17(23)25/h3-4,7-8,10H,2,5-6H2,1H3,(H,22,25). The zero-order valence-electron chi connectivity index (χ0n) is 14.0. The van der Waals surface area contributed by atoms with Crippen molar-refractivity contribution in [1.29, 1.82) is 5.26 Å². The summed E-state index contributed by atoms with van der Waals surface area (Å²) in [5, 5.41) is 11.9. The van der Waals surface area contributed by atoms with Gasteiger partial charge in [-0.15, -0.1) is 0 Å². The molecule has 1 saturated carbocycles. The lowest BCUT2D eigenvalue weighted by molar-refractivity contribution is -0.124. The van der Waals surface area contributed by atoms with E-state index < -0.39 is 11.6 Å². The number of rotatable bonds is 3. The molecule has 0 bridgehead atoms. The molecule has 2 aromatic rings. The average Bonchev–Trinajstić information content (AvgIpc) is 2.88. The molecule has 1 aromatic heterocycles. The van der Waals surface area contributed by atoms with Gasteiger partial charge in [-0.2, -0.15) is 5.26 Å². The van der Waals surface area contributed by atoms with Gasteiger partial charge in [0.05, 0.1) is 11.6 Å². The number of imide groups is 1. The summed E-state index contributed by atoms with van der Waals surface area (Å²) in [4.78, 5) is 33.9. The smallest absolute Gasteiger partial charge is 0.330 e. The molecule has 3 amide bonds. The van der Waals surface area contributed by atoms with Crippen molar-refractivity contribution in [2.45, 2.75) is 31.7 Å². The lowest BCUT2D eigenvalue weighted by atomic mass is 9.77. The normalized spacial score (nSPS) is 17.6. The summed E-state index contributed by atoms with van der Waals surface area (Å²) < 4.78 is 5.67. The molecule has 8 nitrogen and oxygen atoms in total. The minimum Gasteiger partial charge on any atom is -0.439 e. The molecular weight excluding hydrogens is 334 g/mol. The van der Waals surface area contributed by atoms with Crippen LogP contribution in [0.5, 0.6) is 11.6 Å². The number of carbonyl (C=O) groups excluding carboxylic acids is 2. The molecule has 2 heterocycles. The number of amides is 3. The average molecular weight is 349 g/mol. The molecule has 4 rings (SSSR count). The molecule has 1 aliphatic heterocycles. The van der Waals surface area contributed by atoms with E-state index in [-0.39, 0.29) is 17.6 Å². The quantitative estimate of drug-likeness (QED) is 0.853. The maximum atomic E-state index is 12.6. The Morgan fingerprint density at radius 1 is 1.27 bits per heavy atom. The Bertz CT molecular complexity index is 962. The molecule has 1 N–H and O–H groups in total. The summed E-state index contributed by atoms with van der Waals surface area (Å²) in [7, 11) is 0. The van der Waals surface area contributed by atoms with Crippen LogP contribution in [0.4, 0.5) is 10.6 Å². The van der Waals surface area contributed by atoms with Crippen LogP contribution in [0.1, 0.15) is 30.4 Å². The van der Waals surface area contributed by atoms with E-state index in [1.165, 1.54) is 12.4 Å². The summed E-state index contributed by atoms with van der Waals surface area (Å²) in [6.45, 7) is 1.83. The number of nitrogens with zero attached hydrogens (tertiary/aromatic N) is 4. The first kappa shape index (κ1) is 16.0. The molecule has 8 heteroatoms. The topological polar surface area (TPSA) is 108 Å². The van der Waals surface area contributed by atoms with E-state index in [4.69, 9.17) is 10.00 Å². The molecule has 0 unspecified atom stereocenters. The highest BCUT2D eigenvalue weighted by Gasteiger charge is 2.55. The third-order valence-electron chi connectivity index (χ3n) is 4.78. The van der Waals surface area contributed by atoms with Gasteiger partial charge in [0.1, 0.15) is 17.6 Å². The molecule has 1 spiro atoms. The molecule has 2 fully saturated rings. The molecule has 26 heavy (non-hydrogen) atoms. The van der Waals surface area contributed by atoms with Crippen LogP contribution in [0.15, 0.2) is 30.6 Å². The van der Waals surface area contributed by atoms with E-state index >= 15 is 0 Å². The number of hydrogen-bond acceptors (Lipinski definition) is 6. The van der Waals surface area contributed by atoms with Gasteiger partial charge in [0.25, 0.3) is 5.91 Å². The fourth-order valence-electron chi connectivity index (χ4n) is 3.11. The van der Waals surface area contributed by atoms with Gasteiger partial charge in [-0.25, -0.2) is 19.7 Å². The lowest BCUT2D eigenvalue weighted by Crippen LogP contribution is -2.52. The molecule has 2 aliphatic rings. The number of anilines is 1. The number of benzene rings is 1. The van der Waals surface area contributed by atoms with Crippen LogP contribution < -0.4 is 15.0 Å². The van der Waals surface area contributed by atoms with Gasteiger partial charge in [-0.3, -0.25) is 4.79 Å². The Morgan fingerprint density at radius 3 is 2.73 bits per heavy atom. The van der Waals surface area contributed by atoms with E-state index in [9.17, 15) is 9.59 Å². The number of carbonyl (C=O) groups is 2. The number of nitrogens with one attached hydrogen (secondary N) is 1. The largest absolute Gasteiger partial charge is 0.439 e. The zero-order valence-corrected chi connectivity index (χ0v) is 14.0. The van der Waals surface area contributed by atoms with E-state index in [0.717, 1.165) is 16.9 Å². The Hall–Kier alpha value is -3.47. The maximum absolute atomic E-state index is 12.6. The van der Waals surface area contributed by atoms with Crippen LogP contribution in [-0.4, -0.2) is 27.4 Å².